The van der Waals surface area contributed by atoms with Gasteiger partial charge in [-0.15, -0.1) is 11.6 Å². The number of halogens is 1. The summed E-state index contributed by atoms with van der Waals surface area (Å²) in [5.41, 5.74) is 0.0172. The second-order valence-electron chi connectivity index (χ2n) is 7.52. The zero-order valence-electron chi connectivity index (χ0n) is 12.6. The van der Waals surface area contributed by atoms with Gasteiger partial charge in [-0.3, -0.25) is 4.79 Å². The predicted octanol–water partition coefficient (Wildman–Crippen LogP) is 4.12. The Kier molecular flexibility index (Phi) is 4.49. The summed E-state index contributed by atoms with van der Waals surface area (Å²) in [4.78, 5) is 12.6. The molecule has 1 N–H and O–H groups in total. The lowest BCUT2D eigenvalue weighted by Gasteiger charge is -2.40. The first-order valence-electron chi connectivity index (χ1n) is 7.77. The minimum absolute atomic E-state index is 0.135. The third-order valence-corrected chi connectivity index (χ3v) is 5.96. The summed E-state index contributed by atoms with van der Waals surface area (Å²) in [6.45, 7) is 6.74. The molecule has 1 amide bonds. The molecule has 3 heteroatoms. The molecule has 2 nitrogen and oxygen atoms in total. The molecule has 0 radical (unpaired) electrons. The SMILES string of the molecule is CC1CCC(CCl)(NC(=O)C2CCCC2(C)C)CC1. The molecular weight excluding hydrogens is 258 g/mol. The summed E-state index contributed by atoms with van der Waals surface area (Å²) in [5, 5.41) is 3.33. The van der Waals surface area contributed by atoms with Crippen LogP contribution in [0.1, 0.15) is 65.7 Å². The summed E-state index contributed by atoms with van der Waals surface area (Å²) < 4.78 is 0. The van der Waals surface area contributed by atoms with Crippen LogP contribution in [-0.4, -0.2) is 17.3 Å². The Morgan fingerprint density at radius 1 is 1.21 bits per heavy atom. The molecule has 0 bridgehead atoms. The molecule has 2 aliphatic rings. The summed E-state index contributed by atoms with van der Waals surface area (Å²) in [7, 11) is 0. The second kappa shape index (κ2) is 5.63. The molecule has 0 aromatic carbocycles. The quantitative estimate of drug-likeness (QED) is 0.777. The molecule has 2 saturated carbocycles. The van der Waals surface area contributed by atoms with E-state index in [0.29, 0.717) is 5.88 Å². The number of hydrogen-bond acceptors (Lipinski definition) is 1. The Labute approximate surface area is 122 Å². The van der Waals surface area contributed by atoms with E-state index in [2.05, 4.69) is 26.1 Å². The van der Waals surface area contributed by atoms with E-state index in [9.17, 15) is 4.79 Å². The summed E-state index contributed by atoms with van der Waals surface area (Å²) in [6.07, 6.45) is 7.81. The van der Waals surface area contributed by atoms with Crippen LogP contribution in [0.4, 0.5) is 0 Å². The lowest BCUT2D eigenvalue weighted by atomic mass is 9.76. The first kappa shape index (κ1) is 15.2. The third kappa shape index (κ3) is 3.26. The van der Waals surface area contributed by atoms with Crippen LogP contribution < -0.4 is 5.32 Å². The molecule has 0 aromatic heterocycles. The third-order valence-electron chi connectivity index (χ3n) is 5.45. The first-order valence-corrected chi connectivity index (χ1v) is 8.30. The second-order valence-corrected chi connectivity index (χ2v) is 7.79. The maximum Gasteiger partial charge on any atom is 0.224 e. The minimum atomic E-state index is -0.135. The molecule has 110 valence electrons. The molecule has 0 heterocycles. The maximum atomic E-state index is 12.6. The standard InChI is InChI=1S/C16H28ClNO/c1-12-6-9-16(11-17,10-7-12)18-14(19)13-5-4-8-15(13,2)3/h12-13H,4-11H2,1-3H3,(H,18,19). The fourth-order valence-corrected chi connectivity index (χ4v) is 4.10. The van der Waals surface area contributed by atoms with E-state index in [1.54, 1.807) is 0 Å². The average molecular weight is 286 g/mol. The van der Waals surface area contributed by atoms with E-state index >= 15 is 0 Å². The van der Waals surface area contributed by atoms with Crippen LogP contribution in [0, 0.1) is 17.3 Å². The van der Waals surface area contributed by atoms with Crippen molar-refractivity contribution in [3.05, 3.63) is 0 Å². The largest absolute Gasteiger partial charge is 0.349 e. The highest BCUT2D eigenvalue weighted by atomic mass is 35.5. The van der Waals surface area contributed by atoms with Crippen molar-refractivity contribution in [1.82, 2.24) is 5.32 Å². The highest BCUT2D eigenvalue weighted by Gasteiger charge is 2.42. The fraction of sp³-hybridized carbons (Fsp3) is 0.938. The summed E-state index contributed by atoms with van der Waals surface area (Å²) in [6, 6.07) is 0. The van der Waals surface area contributed by atoms with Gasteiger partial charge in [-0.2, -0.15) is 0 Å². The topological polar surface area (TPSA) is 29.1 Å². The van der Waals surface area contributed by atoms with Crippen LogP contribution in [0.15, 0.2) is 0 Å². The normalized spacial score (nSPS) is 38.1. The number of rotatable bonds is 3. The van der Waals surface area contributed by atoms with Crippen LogP contribution in [-0.2, 0) is 4.79 Å². The highest BCUT2D eigenvalue weighted by Crippen LogP contribution is 2.43. The van der Waals surface area contributed by atoms with Gasteiger partial charge in [0.05, 0.1) is 5.54 Å². The van der Waals surface area contributed by atoms with E-state index in [1.807, 2.05) is 0 Å². The predicted molar refractivity (Wildman–Crippen MR) is 80.3 cm³/mol. The zero-order valence-corrected chi connectivity index (χ0v) is 13.4. The summed E-state index contributed by atoms with van der Waals surface area (Å²) in [5.74, 6) is 1.75. The van der Waals surface area contributed by atoms with Crippen molar-refractivity contribution in [3.8, 4) is 0 Å². The van der Waals surface area contributed by atoms with Gasteiger partial charge in [0.25, 0.3) is 0 Å². The Morgan fingerprint density at radius 3 is 2.32 bits per heavy atom. The van der Waals surface area contributed by atoms with Crippen LogP contribution in [0.5, 0.6) is 0 Å². The summed E-state index contributed by atoms with van der Waals surface area (Å²) >= 11 is 6.19. The van der Waals surface area contributed by atoms with Gasteiger partial charge in [0.2, 0.25) is 5.91 Å². The number of amides is 1. The fourth-order valence-electron chi connectivity index (χ4n) is 3.77. The van der Waals surface area contributed by atoms with Crippen molar-refractivity contribution in [3.63, 3.8) is 0 Å². The Morgan fingerprint density at radius 2 is 1.84 bits per heavy atom. The van der Waals surface area contributed by atoms with E-state index < -0.39 is 0 Å². The zero-order chi connectivity index (χ0) is 14.1. The number of carbonyl (C=O) groups is 1. The lowest BCUT2D eigenvalue weighted by Crippen LogP contribution is -2.54. The van der Waals surface area contributed by atoms with Gasteiger partial charge in [-0.1, -0.05) is 27.2 Å². The van der Waals surface area contributed by atoms with Gasteiger partial charge in [0.15, 0.2) is 0 Å². The number of alkyl halides is 1. The van der Waals surface area contributed by atoms with Gasteiger partial charge in [0, 0.05) is 11.8 Å². The first-order chi connectivity index (χ1) is 8.88. The van der Waals surface area contributed by atoms with Crippen LogP contribution in [0.25, 0.3) is 0 Å². The Bertz CT molecular complexity index is 332. The van der Waals surface area contributed by atoms with Crippen molar-refractivity contribution in [2.45, 2.75) is 71.3 Å². The molecule has 2 fully saturated rings. The van der Waals surface area contributed by atoms with Gasteiger partial charge in [0.1, 0.15) is 0 Å². The van der Waals surface area contributed by atoms with Gasteiger partial charge >= 0.3 is 0 Å². The molecule has 0 aromatic rings. The number of hydrogen-bond donors (Lipinski definition) is 1. The molecule has 0 saturated heterocycles. The molecule has 2 rings (SSSR count). The molecule has 19 heavy (non-hydrogen) atoms. The Balaban J connectivity index is 2.00. The minimum Gasteiger partial charge on any atom is -0.349 e. The van der Waals surface area contributed by atoms with Crippen LogP contribution in [0.3, 0.4) is 0 Å². The Hall–Kier alpha value is -0.240. The van der Waals surface area contributed by atoms with Crippen LogP contribution >= 0.6 is 11.6 Å². The monoisotopic (exact) mass is 285 g/mol. The van der Waals surface area contributed by atoms with Crippen molar-refractivity contribution in [2.75, 3.05) is 5.88 Å². The van der Waals surface area contributed by atoms with Crippen molar-refractivity contribution in [1.29, 1.82) is 0 Å². The lowest BCUT2D eigenvalue weighted by molar-refractivity contribution is -0.129. The van der Waals surface area contributed by atoms with E-state index in [0.717, 1.165) is 31.6 Å². The van der Waals surface area contributed by atoms with E-state index in [-0.39, 0.29) is 22.8 Å². The molecular formula is C16H28ClNO. The van der Waals surface area contributed by atoms with Crippen molar-refractivity contribution >= 4 is 17.5 Å². The highest BCUT2D eigenvalue weighted by molar-refractivity contribution is 6.18. The smallest absolute Gasteiger partial charge is 0.224 e. The van der Waals surface area contributed by atoms with Crippen molar-refractivity contribution < 1.29 is 4.79 Å². The van der Waals surface area contributed by atoms with Crippen molar-refractivity contribution in [2.24, 2.45) is 17.3 Å². The van der Waals surface area contributed by atoms with E-state index in [4.69, 9.17) is 11.6 Å². The van der Waals surface area contributed by atoms with Gasteiger partial charge < -0.3 is 5.32 Å². The molecule has 2 aliphatic carbocycles. The molecule has 1 unspecified atom stereocenters. The molecule has 1 atom stereocenters. The van der Waals surface area contributed by atoms with Gasteiger partial charge in [-0.25, -0.2) is 0 Å². The average Bonchev–Trinajstić information content (AvgIpc) is 2.72. The van der Waals surface area contributed by atoms with E-state index in [1.165, 1.54) is 19.3 Å². The number of carbonyl (C=O) groups excluding carboxylic acids is 1. The van der Waals surface area contributed by atoms with Crippen LogP contribution in [0.2, 0.25) is 0 Å². The maximum absolute atomic E-state index is 12.6. The van der Waals surface area contributed by atoms with Gasteiger partial charge in [-0.05, 0) is 49.9 Å². The molecule has 0 aliphatic heterocycles. The molecule has 0 spiro atoms. The number of nitrogens with one attached hydrogen (secondary N) is 1.